The Morgan fingerprint density at radius 3 is 2.62 bits per heavy atom. The highest BCUT2D eigenvalue weighted by molar-refractivity contribution is 7.89. The first kappa shape index (κ1) is 33.4. The third-order valence-electron chi connectivity index (χ3n) is 8.41. The number of benzene rings is 2. The van der Waals surface area contributed by atoms with Crippen LogP contribution in [0.3, 0.4) is 0 Å². The molecule has 2 aromatic carbocycles. The maximum atomic E-state index is 14.1. The number of amides is 1. The molecule has 0 radical (unpaired) electrons. The Kier molecular flexibility index (Phi) is 10.8. The maximum absolute atomic E-state index is 14.1. The zero-order valence-electron chi connectivity index (χ0n) is 26.4. The van der Waals surface area contributed by atoms with Crippen molar-refractivity contribution in [3.63, 3.8) is 0 Å². The number of hydrogen-bond acceptors (Lipinski definition) is 9. The Bertz CT molecular complexity index is 1530. The molecule has 2 saturated heterocycles. The summed E-state index contributed by atoms with van der Waals surface area (Å²) >= 11 is 0. The lowest BCUT2D eigenvalue weighted by Gasteiger charge is -2.31. The van der Waals surface area contributed by atoms with Gasteiger partial charge >= 0.3 is 6.09 Å². The van der Waals surface area contributed by atoms with Gasteiger partial charge in [0, 0.05) is 18.5 Å². The summed E-state index contributed by atoms with van der Waals surface area (Å²) in [5.74, 6) is 0.701. The second kappa shape index (κ2) is 14.6. The molecule has 3 heterocycles. The molecule has 11 nitrogen and oxygen atoms in total. The Hall–Kier alpha value is -3.00. The maximum Gasteiger partial charge on any atom is 0.407 e. The lowest BCUT2D eigenvalue weighted by molar-refractivity contribution is -0.0907. The molecule has 12 heteroatoms. The lowest BCUT2D eigenvalue weighted by atomic mass is 10.0. The molecule has 0 saturated carbocycles. The van der Waals surface area contributed by atoms with E-state index in [9.17, 15) is 18.3 Å². The number of carbonyl (C=O) groups is 1. The van der Waals surface area contributed by atoms with Gasteiger partial charge in [-0.25, -0.2) is 13.2 Å². The summed E-state index contributed by atoms with van der Waals surface area (Å²) in [6.45, 7) is 8.12. The molecule has 5 atom stereocenters. The Balaban J connectivity index is 1.34. The van der Waals surface area contributed by atoms with Crippen LogP contribution in [-0.2, 0) is 37.2 Å². The first-order valence-corrected chi connectivity index (χ1v) is 17.1. The first-order chi connectivity index (χ1) is 21.5. The molecule has 0 aliphatic carbocycles. The minimum Gasteiger partial charge on any atom is -0.460 e. The molecule has 0 bridgehead atoms. The summed E-state index contributed by atoms with van der Waals surface area (Å²) in [7, 11) is -2.03. The molecule has 3 aromatic rings. The van der Waals surface area contributed by atoms with E-state index in [1.807, 2.05) is 57.3 Å². The van der Waals surface area contributed by atoms with Crippen LogP contribution >= 0.6 is 0 Å². The minimum absolute atomic E-state index is 0.0183. The summed E-state index contributed by atoms with van der Waals surface area (Å²) in [5, 5.41) is 15.1. The molecular formula is C33H45N3O8S. The van der Waals surface area contributed by atoms with E-state index in [1.165, 1.54) is 10.4 Å². The van der Waals surface area contributed by atoms with Crippen molar-refractivity contribution in [2.75, 3.05) is 39.9 Å². The fourth-order valence-corrected chi connectivity index (χ4v) is 7.53. The minimum atomic E-state index is -4.02. The van der Waals surface area contributed by atoms with Gasteiger partial charge in [-0.3, -0.25) is 4.90 Å². The third kappa shape index (κ3) is 8.24. The second-order valence-corrected chi connectivity index (χ2v) is 14.4. The number of nitrogens with one attached hydrogen (secondary N) is 1. The number of hydrogen-bond donors (Lipinski definition) is 2. The number of sulfonamides is 1. The molecule has 2 aliphatic heterocycles. The first-order valence-electron chi connectivity index (χ1n) is 15.7. The van der Waals surface area contributed by atoms with Gasteiger partial charge in [-0.1, -0.05) is 51.1 Å². The normalized spacial score (nSPS) is 21.5. The van der Waals surface area contributed by atoms with Crippen molar-refractivity contribution >= 4 is 27.1 Å². The summed E-state index contributed by atoms with van der Waals surface area (Å²) in [6, 6.07) is 15.3. The zero-order valence-corrected chi connectivity index (χ0v) is 27.2. The van der Waals surface area contributed by atoms with E-state index in [0.29, 0.717) is 24.1 Å². The van der Waals surface area contributed by atoms with Gasteiger partial charge in [-0.2, -0.15) is 4.31 Å². The predicted octanol–water partition coefficient (Wildman–Crippen LogP) is 3.99. The molecule has 2 N–H and O–H groups in total. The Morgan fingerprint density at radius 2 is 1.89 bits per heavy atom. The zero-order chi connectivity index (χ0) is 32.1. The second-order valence-electron chi connectivity index (χ2n) is 12.4. The highest BCUT2D eigenvalue weighted by Gasteiger charge is 2.44. The van der Waals surface area contributed by atoms with Crippen molar-refractivity contribution < 1.29 is 36.9 Å². The van der Waals surface area contributed by atoms with Gasteiger partial charge in [-0.05, 0) is 62.2 Å². The molecule has 0 spiro atoms. The van der Waals surface area contributed by atoms with E-state index in [1.54, 1.807) is 12.1 Å². The molecule has 5 rings (SSSR count). The molecule has 2 fully saturated rings. The fraction of sp³-hybridized carbons (Fsp3) is 0.545. The smallest absolute Gasteiger partial charge is 0.407 e. The van der Waals surface area contributed by atoms with Crippen LogP contribution in [0.4, 0.5) is 4.79 Å². The quantitative estimate of drug-likeness (QED) is 0.268. The molecule has 1 unspecified atom stereocenters. The van der Waals surface area contributed by atoms with Crippen LogP contribution in [-0.4, -0.2) is 93.3 Å². The van der Waals surface area contributed by atoms with Gasteiger partial charge in [0.15, 0.2) is 6.29 Å². The van der Waals surface area contributed by atoms with Crippen LogP contribution in [0.1, 0.15) is 38.5 Å². The molecule has 1 amide bonds. The summed E-state index contributed by atoms with van der Waals surface area (Å²) in [4.78, 5) is 15.3. The number of carbonyl (C=O) groups excluding carboxylic acids is 1. The summed E-state index contributed by atoms with van der Waals surface area (Å²) in [6.07, 6.45) is -1.73. The van der Waals surface area contributed by atoms with Crippen LogP contribution in [0.25, 0.3) is 11.0 Å². The standard InChI is InChI=1S/C33H45N3O8S/c1-5-35(4)19-25-16-24-17-26(11-12-30(24)43-25)45(39,40)36(18-22(2)3)20-29(37)28(15-23-9-7-6-8-10-23)34-33(38)44-31-21-42-32-27(31)13-14-41-32/h6-12,16-17,22,27-29,31-32,37H,5,13-15,18-21H2,1-4H3,(H,34,38)/t27-,28-,29+,31?,32+/m0/s1. The van der Waals surface area contributed by atoms with E-state index >= 15 is 0 Å². The number of furan rings is 1. The van der Waals surface area contributed by atoms with E-state index in [0.717, 1.165) is 24.3 Å². The van der Waals surface area contributed by atoms with Crippen LogP contribution < -0.4 is 5.32 Å². The van der Waals surface area contributed by atoms with Crippen molar-refractivity contribution in [1.29, 1.82) is 0 Å². The van der Waals surface area contributed by atoms with Gasteiger partial charge in [0.05, 0.1) is 42.7 Å². The monoisotopic (exact) mass is 643 g/mol. The molecule has 2 aliphatic rings. The largest absolute Gasteiger partial charge is 0.460 e. The van der Waals surface area contributed by atoms with E-state index in [-0.39, 0.29) is 49.1 Å². The van der Waals surface area contributed by atoms with Crippen LogP contribution in [0, 0.1) is 11.8 Å². The Labute approximate surface area is 265 Å². The van der Waals surface area contributed by atoms with Crippen molar-refractivity contribution in [2.24, 2.45) is 11.8 Å². The predicted molar refractivity (Wildman–Crippen MR) is 169 cm³/mol. The van der Waals surface area contributed by atoms with E-state index in [2.05, 4.69) is 17.1 Å². The van der Waals surface area contributed by atoms with Gasteiger partial charge in [-0.15, -0.1) is 0 Å². The third-order valence-corrected chi connectivity index (χ3v) is 10.2. The van der Waals surface area contributed by atoms with Crippen molar-refractivity contribution in [1.82, 2.24) is 14.5 Å². The van der Waals surface area contributed by atoms with E-state index < -0.39 is 34.4 Å². The highest BCUT2D eigenvalue weighted by atomic mass is 32.2. The average Bonchev–Trinajstić information content (AvgIpc) is 3.73. The molecule has 246 valence electrons. The van der Waals surface area contributed by atoms with Gasteiger partial charge in [0.2, 0.25) is 10.0 Å². The summed E-state index contributed by atoms with van der Waals surface area (Å²) < 4.78 is 52.2. The Morgan fingerprint density at radius 1 is 1.11 bits per heavy atom. The van der Waals surface area contributed by atoms with Gasteiger partial charge in [0.25, 0.3) is 0 Å². The van der Waals surface area contributed by atoms with E-state index in [4.69, 9.17) is 18.6 Å². The number of fused-ring (bicyclic) bond motifs is 2. The number of alkyl carbamates (subject to hydrolysis) is 1. The van der Waals surface area contributed by atoms with Crippen LogP contribution in [0.5, 0.6) is 0 Å². The number of nitrogens with zero attached hydrogens (tertiary/aromatic N) is 2. The number of ether oxygens (including phenoxy) is 3. The van der Waals surface area contributed by atoms with Crippen molar-refractivity contribution in [2.45, 2.75) is 69.6 Å². The van der Waals surface area contributed by atoms with Crippen LogP contribution in [0.2, 0.25) is 0 Å². The van der Waals surface area contributed by atoms with Gasteiger partial charge < -0.3 is 29.1 Å². The van der Waals surface area contributed by atoms with Crippen LogP contribution in [0.15, 0.2) is 63.9 Å². The number of aliphatic hydroxyl groups is 1. The van der Waals surface area contributed by atoms with Crippen molar-refractivity contribution in [3.05, 3.63) is 65.9 Å². The van der Waals surface area contributed by atoms with Crippen molar-refractivity contribution in [3.8, 4) is 0 Å². The number of aliphatic hydroxyl groups excluding tert-OH is 1. The summed E-state index contributed by atoms with van der Waals surface area (Å²) in [5.41, 5.74) is 1.49. The SMILES string of the molecule is CCN(C)Cc1cc2cc(S(=O)(=O)N(CC(C)C)C[C@@H](O)[C@H](Cc3ccccc3)NC(=O)OC3CO[C@H]4OCC[C@@H]34)ccc2o1. The molecule has 1 aromatic heterocycles. The average molecular weight is 644 g/mol. The van der Waals surface area contributed by atoms with Gasteiger partial charge in [0.1, 0.15) is 17.4 Å². The fourth-order valence-electron chi connectivity index (χ4n) is 5.88. The molecular weight excluding hydrogens is 598 g/mol. The topological polar surface area (TPSA) is 131 Å². The number of rotatable bonds is 14. The highest BCUT2D eigenvalue weighted by Crippen LogP contribution is 2.33. The lowest BCUT2D eigenvalue weighted by Crippen LogP contribution is -2.51. The molecule has 45 heavy (non-hydrogen) atoms.